The molecule has 1 unspecified atom stereocenters. The van der Waals surface area contributed by atoms with Crippen LogP contribution >= 0.6 is 0 Å². The zero-order chi connectivity index (χ0) is 14.6. The van der Waals surface area contributed by atoms with Crippen LogP contribution < -0.4 is 11.1 Å². The second-order valence-electron chi connectivity index (χ2n) is 4.86. The Kier molecular flexibility index (Phi) is 5.06. The van der Waals surface area contributed by atoms with E-state index in [1.54, 1.807) is 33.2 Å². The topological polar surface area (TPSA) is 75.4 Å². The van der Waals surface area contributed by atoms with E-state index in [0.717, 1.165) is 5.56 Å². The number of nitrogens with zero attached hydrogens (tertiary/aromatic N) is 1. The minimum atomic E-state index is -0.255. The Bertz CT molecular complexity index is 484. The van der Waals surface area contributed by atoms with E-state index < -0.39 is 0 Å². The molecule has 2 amide bonds. The van der Waals surface area contributed by atoms with Crippen molar-refractivity contribution in [2.75, 3.05) is 26.0 Å². The minimum Gasteiger partial charge on any atom is -0.345 e. The number of nitrogens with two attached hydrogens (primary N) is 1. The van der Waals surface area contributed by atoms with Gasteiger partial charge in [-0.3, -0.25) is 9.59 Å². The van der Waals surface area contributed by atoms with Gasteiger partial charge in [0.25, 0.3) is 5.91 Å². The first-order chi connectivity index (χ1) is 8.86. The van der Waals surface area contributed by atoms with E-state index in [1.165, 1.54) is 4.90 Å². The third-order valence-electron chi connectivity index (χ3n) is 2.94. The van der Waals surface area contributed by atoms with Crippen LogP contribution in [0.3, 0.4) is 0 Å². The van der Waals surface area contributed by atoms with Crippen LogP contribution in [0.4, 0.5) is 5.69 Å². The van der Waals surface area contributed by atoms with Gasteiger partial charge in [-0.05, 0) is 24.6 Å². The predicted octanol–water partition coefficient (Wildman–Crippen LogP) is 1.23. The third-order valence-corrected chi connectivity index (χ3v) is 2.94. The summed E-state index contributed by atoms with van der Waals surface area (Å²) >= 11 is 0. The van der Waals surface area contributed by atoms with Crippen molar-refractivity contribution in [3.63, 3.8) is 0 Å². The zero-order valence-electron chi connectivity index (χ0n) is 11.9. The second kappa shape index (κ2) is 6.33. The maximum absolute atomic E-state index is 12.0. The average molecular weight is 263 g/mol. The highest BCUT2D eigenvalue weighted by Gasteiger charge is 2.14. The minimum absolute atomic E-state index is 0.0829. The van der Waals surface area contributed by atoms with Crippen LogP contribution in [0.15, 0.2) is 18.2 Å². The molecule has 19 heavy (non-hydrogen) atoms. The lowest BCUT2D eigenvalue weighted by Gasteiger charge is -2.15. The molecule has 3 N–H and O–H groups in total. The van der Waals surface area contributed by atoms with Crippen molar-refractivity contribution >= 4 is 17.5 Å². The summed E-state index contributed by atoms with van der Waals surface area (Å²) in [5.41, 5.74) is 7.52. The van der Waals surface area contributed by atoms with Crippen LogP contribution in [-0.2, 0) is 4.79 Å². The maximum Gasteiger partial charge on any atom is 0.253 e. The SMILES string of the molecule is Cc1ccc(NC(=O)C(C)CN)cc1C(=O)N(C)C. The summed E-state index contributed by atoms with van der Waals surface area (Å²) in [5, 5.41) is 2.76. The van der Waals surface area contributed by atoms with E-state index in [-0.39, 0.29) is 17.7 Å². The van der Waals surface area contributed by atoms with E-state index in [4.69, 9.17) is 5.73 Å². The van der Waals surface area contributed by atoms with Crippen molar-refractivity contribution < 1.29 is 9.59 Å². The number of nitrogens with one attached hydrogen (secondary N) is 1. The molecule has 0 aliphatic heterocycles. The first kappa shape index (κ1) is 15.2. The lowest BCUT2D eigenvalue weighted by atomic mass is 10.1. The number of rotatable bonds is 4. The normalized spacial score (nSPS) is 11.8. The summed E-state index contributed by atoms with van der Waals surface area (Å²) in [4.78, 5) is 25.3. The number of hydrogen-bond donors (Lipinski definition) is 2. The molecule has 0 aliphatic rings. The van der Waals surface area contributed by atoms with Gasteiger partial charge in [-0.25, -0.2) is 0 Å². The monoisotopic (exact) mass is 263 g/mol. The Balaban J connectivity index is 2.97. The maximum atomic E-state index is 12.0. The summed E-state index contributed by atoms with van der Waals surface area (Å²) in [5.74, 6) is -0.482. The molecule has 0 aliphatic carbocycles. The summed E-state index contributed by atoms with van der Waals surface area (Å²) in [6.45, 7) is 3.92. The van der Waals surface area contributed by atoms with E-state index in [0.29, 0.717) is 17.8 Å². The summed E-state index contributed by atoms with van der Waals surface area (Å²) in [6.07, 6.45) is 0. The molecule has 0 saturated carbocycles. The molecule has 0 radical (unpaired) electrons. The molecule has 5 nitrogen and oxygen atoms in total. The quantitative estimate of drug-likeness (QED) is 0.858. The Labute approximate surface area is 113 Å². The first-order valence-electron chi connectivity index (χ1n) is 6.20. The van der Waals surface area contributed by atoms with Gasteiger partial charge < -0.3 is 16.0 Å². The molecule has 0 heterocycles. The molecule has 1 rings (SSSR count). The largest absolute Gasteiger partial charge is 0.345 e. The van der Waals surface area contributed by atoms with Crippen LogP contribution in [0, 0.1) is 12.8 Å². The van der Waals surface area contributed by atoms with E-state index in [2.05, 4.69) is 5.32 Å². The molecule has 0 fully saturated rings. The fourth-order valence-corrected chi connectivity index (χ4v) is 1.54. The van der Waals surface area contributed by atoms with Gasteiger partial charge >= 0.3 is 0 Å². The van der Waals surface area contributed by atoms with E-state index >= 15 is 0 Å². The zero-order valence-corrected chi connectivity index (χ0v) is 11.9. The van der Waals surface area contributed by atoms with Gasteiger partial charge in [0.1, 0.15) is 0 Å². The Morgan fingerprint density at radius 2 is 2.00 bits per heavy atom. The number of aryl methyl sites for hydroxylation is 1. The molecule has 0 bridgehead atoms. The van der Waals surface area contributed by atoms with Crippen LogP contribution in [-0.4, -0.2) is 37.4 Å². The van der Waals surface area contributed by atoms with Gasteiger partial charge in [-0.15, -0.1) is 0 Å². The highest BCUT2D eigenvalue weighted by molar-refractivity contribution is 5.98. The van der Waals surface area contributed by atoms with Crippen molar-refractivity contribution in [3.05, 3.63) is 29.3 Å². The lowest BCUT2D eigenvalue weighted by Crippen LogP contribution is -2.27. The van der Waals surface area contributed by atoms with Gasteiger partial charge in [0, 0.05) is 37.8 Å². The van der Waals surface area contributed by atoms with Crippen LogP contribution in [0.1, 0.15) is 22.8 Å². The molecular weight excluding hydrogens is 242 g/mol. The van der Waals surface area contributed by atoms with Crippen molar-refractivity contribution in [2.45, 2.75) is 13.8 Å². The molecule has 0 spiro atoms. The number of carbonyl (C=O) groups is 2. The number of anilines is 1. The molecule has 104 valence electrons. The number of carbonyl (C=O) groups excluding carboxylic acids is 2. The lowest BCUT2D eigenvalue weighted by molar-refractivity contribution is -0.119. The molecule has 1 aromatic carbocycles. The van der Waals surface area contributed by atoms with Crippen LogP contribution in [0.5, 0.6) is 0 Å². The molecular formula is C14H21N3O2. The van der Waals surface area contributed by atoms with E-state index in [1.807, 2.05) is 13.0 Å². The summed E-state index contributed by atoms with van der Waals surface area (Å²) < 4.78 is 0. The predicted molar refractivity (Wildman–Crippen MR) is 76.0 cm³/mol. The molecule has 1 aromatic rings. The van der Waals surface area contributed by atoms with Crippen molar-refractivity contribution in [3.8, 4) is 0 Å². The first-order valence-corrected chi connectivity index (χ1v) is 6.20. The highest BCUT2D eigenvalue weighted by atomic mass is 16.2. The summed E-state index contributed by atoms with van der Waals surface area (Å²) in [6, 6.07) is 5.29. The third kappa shape index (κ3) is 3.79. The van der Waals surface area contributed by atoms with Gasteiger partial charge in [-0.2, -0.15) is 0 Å². The Morgan fingerprint density at radius 1 is 1.37 bits per heavy atom. The number of amides is 2. The second-order valence-corrected chi connectivity index (χ2v) is 4.86. The van der Waals surface area contributed by atoms with Crippen LogP contribution in [0.2, 0.25) is 0 Å². The van der Waals surface area contributed by atoms with Crippen molar-refractivity contribution in [1.29, 1.82) is 0 Å². The molecule has 5 heteroatoms. The molecule has 1 atom stereocenters. The summed E-state index contributed by atoms with van der Waals surface area (Å²) in [7, 11) is 3.40. The fraction of sp³-hybridized carbons (Fsp3) is 0.429. The molecule has 0 saturated heterocycles. The number of hydrogen-bond acceptors (Lipinski definition) is 3. The van der Waals surface area contributed by atoms with Crippen molar-refractivity contribution in [1.82, 2.24) is 4.90 Å². The Hall–Kier alpha value is -1.88. The molecule has 0 aromatic heterocycles. The smallest absolute Gasteiger partial charge is 0.253 e. The van der Waals surface area contributed by atoms with Crippen LogP contribution in [0.25, 0.3) is 0 Å². The highest BCUT2D eigenvalue weighted by Crippen LogP contribution is 2.17. The standard InChI is InChI=1S/C14H21N3O2/c1-9-5-6-11(16-13(18)10(2)8-15)7-12(9)14(19)17(3)4/h5-7,10H,8,15H2,1-4H3,(H,16,18). The van der Waals surface area contributed by atoms with E-state index in [9.17, 15) is 9.59 Å². The number of benzene rings is 1. The Morgan fingerprint density at radius 3 is 2.53 bits per heavy atom. The fourth-order valence-electron chi connectivity index (χ4n) is 1.54. The van der Waals surface area contributed by atoms with Crippen molar-refractivity contribution in [2.24, 2.45) is 11.7 Å². The van der Waals surface area contributed by atoms with Gasteiger partial charge in [0.05, 0.1) is 0 Å². The average Bonchev–Trinajstić information content (AvgIpc) is 2.38. The van der Waals surface area contributed by atoms with Gasteiger partial charge in [-0.1, -0.05) is 13.0 Å². The van der Waals surface area contributed by atoms with Gasteiger partial charge in [0.15, 0.2) is 0 Å². The van der Waals surface area contributed by atoms with Gasteiger partial charge in [0.2, 0.25) is 5.91 Å².